The van der Waals surface area contributed by atoms with Gasteiger partial charge in [0.05, 0.1) is 5.69 Å². The van der Waals surface area contributed by atoms with Crippen LogP contribution in [0.25, 0.3) is 11.3 Å². The van der Waals surface area contributed by atoms with Crippen molar-refractivity contribution in [3.05, 3.63) is 35.9 Å². The van der Waals surface area contributed by atoms with Gasteiger partial charge in [-0.05, 0) is 18.9 Å². The highest BCUT2D eigenvalue weighted by Gasteiger charge is 2.07. The smallest absolute Gasteiger partial charge is 0.225 e. The molecule has 106 valence electrons. The average molecular weight is 271 g/mol. The Balaban J connectivity index is 1.95. The number of amides is 1. The summed E-state index contributed by atoms with van der Waals surface area (Å²) >= 11 is 0. The van der Waals surface area contributed by atoms with Gasteiger partial charge >= 0.3 is 0 Å². The van der Waals surface area contributed by atoms with Crippen molar-refractivity contribution in [2.24, 2.45) is 0 Å². The zero-order valence-electron chi connectivity index (χ0n) is 12.1. The van der Waals surface area contributed by atoms with E-state index < -0.39 is 0 Å². The van der Waals surface area contributed by atoms with Gasteiger partial charge in [0.25, 0.3) is 0 Å². The summed E-state index contributed by atoms with van der Waals surface area (Å²) in [5, 5.41) is 9.90. The highest BCUT2D eigenvalue weighted by Crippen LogP contribution is 2.20. The van der Waals surface area contributed by atoms with E-state index in [0.717, 1.165) is 30.5 Å². The minimum absolute atomic E-state index is 0.0282. The van der Waals surface area contributed by atoms with Gasteiger partial charge in [-0.2, -0.15) is 5.10 Å². The molecule has 0 saturated heterocycles. The van der Waals surface area contributed by atoms with Crippen LogP contribution in [0, 0.1) is 6.92 Å². The van der Waals surface area contributed by atoms with Gasteiger partial charge in [0.2, 0.25) is 5.91 Å². The van der Waals surface area contributed by atoms with Crippen LogP contribution in [-0.2, 0) is 4.79 Å². The van der Waals surface area contributed by atoms with Crippen LogP contribution >= 0.6 is 0 Å². The Bertz CT molecular complexity index is 557. The van der Waals surface area contributed by atoms with E-state index in [-0.39, 0.29) is 5.91 Å². The number of nitrogens with one attached hydrogen (secondary N) is 2. The van der Waals surface area contributed by atoms with Crippen molar-refractivity contribution < 1.29 is 4.79 Å². The second kappa shape index (κ2) is 6.89. The van der Waals surface area contributed by atoms with E-state index >= 15 is 0 Å². The number of aryl methyl sites for hydroxylation is 1. The van der Waals surface area contributed by atoms with Gasteiger partial charge in [-0.3, -0.25) is 9.89 Å². The standard InChI is InChI=1S/C16H21N3O/c1-3-4-5-6-16(20)17-15-11-14(18-19-15)13-9-7-12(2)8-10-13/h7-11H,3-6H2,1-2H3,(H2,17,18,19,20). The summed E-state index contributed by atoms with van der Waals surface area (Å²) < 4.78 is 0. The molecule has 0 radical (unpaired) electrons. The molecule has 1 aromatic heterocycles. The molecule has 0 bridgehead atoms. The molecule has 0 aliphatic carbocycles. The van der Waals surface area contributed by atoms with Crippen molar-refractivity contribution in [2.45, 2.75) is 39.5 Å². The van der Waals surface area contributed by atoms with Crippen molar-refractivity contribution in [3.8, 4) is 11.3 Å². The Morgan fingerprint density at radius 1 is 1.25 bits per heavy atom. The summed E-state index contributed by atoms with van der Waals surface area (Å²) in [7, 11) is 0. The lowest BCUT2D eigenvalue weighted by Gasteiger charge is -2.00. The topological polar surface area (TPSA) is 57.8 Å². The molecule has 2 N–H and O–H groups in total. The van der Waals surface area contributed by atoms with Gasteiger partial charge in [0, 0.05) is 12.5 Å². The number of rotatable bonds is 6. The first-order chi connectivity index (χ1) is 9.69. The molecular weight excluding hydrogens is 250 g/mol. The SMILES string of the molecule is CCCCCC(=O)Nc1cc(-c2ccc(C)cc2)[nH]n1. The summed E-state index contributed by atoms with van der Waals surface area (Å²) in [4.78, 5) is 11.7. The van der Waals surface area contributed by atoms with Crippen LogP contribution in [0.1, 0.15) is 38.2 Å². The molecule has 0 atom stereocenters. The molecule has 2 rings (SSSR count). The minimum atomic E-state index is 0.0282. The lowest BCUT2D eigenvalue weighted by atomic mass is 10.1. The Hall–Kier alpha value is -2.10. The van der Waals surface area contributed by atoms with Crippen LogP contribution < -0.4 is 5.32 Å². The molecule has 1 aromatic carbocycles. The second-order valence-corrected chi connectivity index (χ2v) is 5.04. The molecule has 2 aromatic rings. The number of H-pyrrole nitrogens is 1. The first-order valence-electron chi connectivity index (χ1n) is 7.11. The van der Waals surface area contributed by atoms with E-state index in [2.05, 4.69) is 41.5 Å². The van der Waals surface area contributed by atoms with Gasteiger partial charge in [0.15, 0.2) is 5.82 Å². The van der Waals surface area contributed by atoms with Crippen LogP contribution in [0.15, 0.2) is 30.3 Å². The van der Waals surface area contributed by atoms with Crippen LogP contribution in [-0.4, -0.2) is 16.1 Å². The number of hydrogen-bond acceptors (Lipinski definition) is 2. The highest BCUT2D eigenvalue weighted by atomic mass is 16.1. The lowest BCUT2D eigenvalue weighted by molar-refractivity contribution is -0.116. The second-order valence-electron chi connectivity index (χ2n) is 5.04. The number of carbonyl (C=O) groups is 1. The lowest BCUT2D eigenvalue weighted by Crippen LogP contribution is -2.11. The molecule has 0 unspecified atom stereocenters. The van der Waals surface area contributed by atoms with Crippen LogP contribution in [0.5, 0.6) is 0 Å². The van der Waals surface area contributed by atoms with Gasteiger partial charge in [-0.25, -0.2) is 0 Å². The fourth-order valence-electron chi connectivity index (χ4n) is 2.01. The molecule has 0 fully saturated rings. The van der Waals surface area contributed by atoms with Crippen molar-refractivity contribution in [3.63, 3.8) is 0 Å². The Morgan fingerprint density at radius 3 is 2.70 bits per heavy atom. The number of benzene rings is 1. The number of anilines is 1. The van der Waals surface area contributed by atoms with E-state index in [1.807, 2.05) is 18.2 Å². The molecule has 4 heteroatoms. The van der Waals surface area contributed by atoms with E-state index in [9.17, 15) is 4.79 Å². The Labute approximate surface area is 119 Å². The Morgan fingerprint density at radius 2 is 2.00 bits per heavy atom. The maximum absolute atomic E-state index is 11.7. The minimum Gasteiger partial charge on any atom is -0.309 e. The first-order valence-corrected chi connectivity index (χ1v) is 7.11. The molecule has 0 saturated carbocycles. The predicted octanol–water partition coefficient (Wildman–Crippen LogP) is 3.90. The highest BCUT2D eigenvalue weighted by molar-refractivity contribution is 5.90. The fourth-order valence-corrected chi connectivity index (χ4v) is 2.01. The quantitative estimate of drug-likeness (QED) is 0.783. The largest absolute Gasteiger partial charge is 0.309 e. The molecule has 20 heavy (non-hydrogen) atoms. The van der Waals surface area contributed by atoms with E-state index in [1.54, 1.807) is 0 Å². The number of nitrogens with zero attached hydrogens (tertiary/aromatic N) is 1. The summed E-state index contributed by atoms with van der Waals surface area (Å²) in [6, 6.07) is 10.0. The summed E-state index contributed by atoms with van der Waals surface area (Å²) in [6.45, 7) is 4.18. The molecule has 1 amide bonds. The van der Waals surface area contributed by atoms with Crippen molar-refractivity contribution >= 4 is 11.7 Å². The average Bonchev–Trinajstić information content (AvgIpc) is 2.88. The fraction of sp³-hybridized carbons (Fsp3) is 0.375. The predicted molar refractivity (Wildman–Crippen MR) is 81.5 cm³/mol. The van der Waals surface area contributed by atoms with Crippen molar-refractivity contribution in [1.29, 1.82) is 0 Å². The van der Waals surface area contributed by atoms with Crippen molar-refractivity contribution in [2.75, 3.05) is 5.32 Å². The molecule has 0 aliphatic heterocycles. The van der Waals surface area contributed by atoms with Gasteiger partial charge in [0.1, 0.15) is 0 Å². The van der Waals surface area contributed by atoms with Crippen LogP contribution in [0.4, 0.5) is 5.82 Å². The van der Waals surface area contributed by atoms with E-state index in [0.29, 0.717) is 12.2 Å². The number of hydrogen-bond donors (Lipinski definition) is 2. The number of aromatic amines is 1. The van der Waals surface area contributed by atoms with Crippen LogP contribution in [0.3, 0.4) is 0 Å². The van der Waals surface area contributed by atoms with E-state index in [4.69, 9.17) is 0 Å². The summed E-state index contributed by atoms with van der Waals surface area (Å²) in [6.07, 6.45) is 3.69. The number of aromatic nitrogens is 2. The van der Waals surface area contributed by atoms with Gasteiger partial charge < -0.3 is 5.32 Å². The maximum atomic E-state index is 11.7. The third-order valence-electron chi connectivity index (χ3n) is 3.22. The summed E-state index contributed by atoms with van der Waals surface area (Å²) in [5.74, 6) is 0.613. The Kier molecular flexibility index (Phi) is 4.93. The number of carbonyl (C=O) groups excluding carboxylic acids is 1. The number of unbranched alkanes of at least 4 members (excludes halogenated alkanes) is 2. The van der Waals surface area contributed by atoms with Crippen LogP contribution in [0.2, 0.25) is 0 Å². The van der Waals surface area contributed by atoms with Gasteiger partial charge in [-0.1, -0.05) is 49.6 Å². The third kappa shape index (κ3) is 3.95. The van der Waals surface area contributed by atoms with Crippen molar-refractivity contribution in [1.82, 2.24) is 10.2 Å². The monoisotopic (exact) mass is 271 g/mol. The van der Waals surface area contributed by atoms with Gasteiger partial charge in [-0.15, -0.1) is 0 Å². The molecule has 1 heterocycles. The molecular formula is C16H21N3O. The maximum Gasteiger partial charge on any atom is 0.225 e. The molecule has 0 spiro atoms. The zero-order valence-corrected chi connectivity index (χ0v) is 12.1. The first kappa shape index (κ1) is 14.3. The molecule has 4 nitrogen and oxygen atoms in total. The van der Waals surface area contributed by atoms with E-state index in [1.165, 1.54) is 5.56 Å². The zero-order chi connectivity index (χ0) is 14.4. The third-order valence-corrected chi connectivity index (χ3v) is 3.22. The summed E-state index contributed by atoms with van der Waals surface area (Å²) in [5.41, 5.74) is 3.20. The molecule has 0 aliphatic rings. The normalized spacial score (nSPS) is 10.5.